The fourth-order valence-corrected chi connectivity index (χ4v) is 5.36. The first-order valence-corrected chi connectivity index (χ1v) is 10.7. The van der Waals surface area contributed by atoms with Gasteiger partial charge in [0.25, 0.3) is 5.91 Å². The van der Waals surface area contributed by atoms with Crippen LogP contribution in [0, 0.1) is 11.8 Å². The van der Waals surface area contributed by atoms with Gasteiger partial charge in [-0.3, -0.25) is 4.79 Å². The maximum absolute atomic E-state index is 13.0. The third-order valence-electron chi connectivity index (χ3n) is 4.87. The zero-order chi connectivity index (χ0) is 19.4. The molecule has 6 heteroatoms. The lowest BCUT2D eigenvalue weighted by molar-refractivity contribution is 0.0950. The van der Waals surface area contributed by atoms with Gasteiger partial charge in [0.1, 0.15) is 0 Å². The lowest BCUT2D eigenvalue weighted by Crippen LogP contribution is -2.42. The van der Waals surface area contributed by atoms with Crippen LogP contribution in [0.1, 0.15) is 36.2 Å². The molecule has 0 radical (unpaired) electrons. The number of piperidine rings is 1. The summed E-state index contributed by atoms with van der Waals surface area (Å²) in [6.07, 6.45) is 1.04. The molecule has 1 N–H and O–H groups in total. The van der Waals surface area contributed by atoms with Crippen LogP contribution in [0.3, 0.4) is 0 Å². The van der Waals surface area contributed by atoms with Crippen LogP contribution in [-0.2, 0) is 16.6 Å². The molecular weight excluding hydrogens is 360 g/mol. The van der Waals surface area contributed by atoms with Crippen LogP contribution in [0.5, 0.6) is 0 Å². The highest BCUT2D eigenvalue weighted by Crippen LogP contribution is 2.27. The molecule has 144 valence electrons. The van der Waals surface area contributed by atoms with E-state index in [-0.39, 0.29) is 10.8 Å². The van der Waals surface area contributed by atoms with E-state index in [2.05, 4.69) is 19.2 Å². The largest absolute Gasteiger partial charge is 0.348 e. The molecule has 1 heterocycles. The normalized spacial score (nSPS) is 21.0. The van der Waals surface area contributed by atoms with Crippen molar-refractivity contribution >= 4 is 15.9 Å². The van der Waals surface area contributed by atoms with E-state index in [1.807, 2.05) is 30.3 Å². The number of amides is 1. The zero-order valence-electron chi connectivity index (χ0n) is 15.8. The monoisotopic (exact) mass is 386 g/mol. The van der Waals surface area contributed by atoms with Crippen molar-refractivity contribution in [2.45, 2.75) is 31.7 Å². The van der Waals surface area contributed by atoms with Gasteiger partial charge in [-0.15, -0.1) is 0 Å². The Morgan fingerprint density at radius 1 is 1.04 bits per heavy atom. The Hall–Kier alpha value is -2.18. The fourth-order valence-electron chi connectivity index (χ4n) is 3.63. The lowest BCUT2D eigenvalue weighted by atomic mass is 9.94. The standard InChI is InChI=1S/C21H26N2O3S/c1-16-11-17(2)15-23(14-16)27(25,26)20-10-6-9-19(12-20)21(24)22-13-18-7-4-3-5-8-18/h3-10,12,16-17H,11,13-15H2,1-2H3,(H,22,24). The first-order chi connectivity index (χ1) is 12.9. The zero-order valence-corrected chi connectivity index (χ0v) is 16.6. The van der Waals surface area contributed by atoms with Gasteiger partial charge in [-0.2, -0.15) is 4.31 Å². The number of carbonyl (C=O) groups is 1. The van der Waals surface area contributed by atoms with E-state index in [4.69, 9.17) is 0 Å². The third kappa shape index (κ3) is 4.76. The van der Waals surface area contributed by atoms with Crippen LogP contribution in [0.25, 0.3) is 0 Å². The third-order valence-corrected chi connectivity index (χ3v) is 6.69. The minimum Gasteiger partial charge on any atom is -0.348 e. The Morgan fingerprint density at radius 2 is 1.70 bits per heavy atom. The second kappa shape index (κ2) is 8.23. The first kappa shape index (κ1) is 19.6. The molecule has 0 aliphatic carbocycles. The van der Waals surface area contributed by atoms with Crippen LogP contribution in [0.4, 0.5) is 0 Å². The molecule has 1 amide bonds. The summed E-state index contributed by atoms with van der Waals surface area (Å²) < 4.78 is 27.6. The van der Waals surface area contributed by atoms with E-state index in [1.54, 1.807) is 22.5 Å². The van der Waals surface area contributed by atoms with Crippen LogP contribution in [-0.4, -0.2) is 31.7 Å². The Balaban J connectivity index is 1.75. The number of carbonyl (C=O) groups excluding carboxylic acids is 1. The molecule has 0 bridgehead atoms. The van der Waals surface area contributed by atoms with E-state index in [0.717, 1.165) is 12.0 Å². The Bertz CT molecular complexity index is 887. The first-order valence-electron chi connectivity index (χ1n) is 9.28. The molecule has 5 nitrogen and oxygen atoms in total. The predicted octanol–water partition coefficient (Wildman–Crippen LogP) is 3.28. The van der Waals surface area contributed by atoms with Gasteiger partial charge >= 0.3 is 0 Å². The average Bonchev–Trinajstić information content (AvgIpc) is 2.66. The van der Waals surface area contributed by atoms with Crippen molar-refractivity contribution in [3.63, 3.8) is 0 Å². The van der Waals surface area contributed by atoms with Gasteiger partial charge in [0.05, 0.1) is 4.90 Å². The highest BCUT2D eigenvalue weighted by atomic mass is 32.2. The molecule has 2 unspecified atom stereocenters. The minimum atomic E-state index is -3.60. The second-order valence-corrected chi connectivity index (χ2v) is 9.40. The van der Waals surface area contributed by atoms with Crippen molar-refractivity contribution in [3.05, 3.63) is 65.7 Å². The summed E-state index contributed by atoms with van der Waals surface area (Å²) >= 11 is 0. The van der Waals surface area contributed by atoms with Crippen molar-refractivity contribution in [1.82, 2.24) is 9.62 Å². The van der Waals surface area contributed by atoms with Gasteiger partial charge in [0.15, 0.2) is 0 Å². The SMILES string of the molecule is CC1CC(C)CN(S(=O)(=O)c2cccc(C(=O)NCc3ccccc3)c2)C1. The summed E-state index contributed by atoms with van der Waals surface area (Å²) in [6, 6.07) is 15.9. The Morgan fingerprint density at radius 3 is 2.37 bits per heavy atom. The average molecular weight is 387 g/mol. The molecule has 0 aromatic heterocycles. The summed E-state index contributed by atoms with van der Waals surface area (Å²) in [5, 5.41) is 2.84. The molecule has 2 atom stereocenters. The van der Waals surface area contributed by atoms with Crippen molar-refractivity contribution < 1.29 is 13.2 Å². The lowest BCUT2D eigenvalue weighted by Gasteiger charge is -2.34. The molecule has 1 fully saturated rings. The quantitative estimate of drug-likeness (QED) is 0.857. The molecule has 2 aromatic carbocycles. The number of hydrogen-bond acceptors (Lipinski definition) is 3. The minimum absolute atomic E-state index is 0.177. The molecule has 1 aliphatic rings. The van der Waals surface area contributed by atoms with Gasteiger partial charge in [-0.1, -0.05) is 50.2 Å². The summed E-state index contributed by atoms with van der Waals surface area (Å²) in [6.45, 7) is 5.60. The molecule has 3 rings (SSSR count). The number of hydrogen-bond donors (Lipinski definition) is 1. The van der Waals surface area contributed by atoms with Crippen molar-refractivity contribution in [1.29, 1.82) is 0 Å². The van der Waals surface area contributed by atoms with Gasteiger partial charge in [-0.05, 0) is 42.0 Å². The van der Waals surface area contributed by atoms with Crippen LogP contribution >= 0.6 is 0 Å². The van der Waals surface area contributed by atoms with Crippen LogP contribution in [0.2, 0.25) is 0 Å². The van der Waals surface area contributed by atoms with Crippen molar-refractivity contribution in [3.8, 4) is 0 Å². The molecule has 1 saturated heterocycles. The summed E-state index contributed by atoms with van der Waals surface area (Å²) in [5.41, 5.74) is 1.34. The predicted molar refractivity (Wildman–Crippen MR) is 106 cm³/mol. The van der Waals surface area contributed by atoms with E-state index >= 15 is 0 Å². The topological polar surface area (TPSA) is 66.5 Å². The summed E-state index contributed by atoms with van der Waals surface area (Å²) in [5.74, 6) is 0.387. The number of benzene rings is 2. The summed E-state index contributed by atoms with van der Waals surface area (Å²) in [7, 11) is -3.60. The highest BCUT2D eigenvalue weighted by molar-refractivity contribution is 7.89. The fraction of sp³-hybridized carbons (Fsp3) is 0.381. The molecule has 0 spiro atoms. The number of rotatable bonds is 5. The van der Waals surface area contributed by atoms with Crippen molar-refractivity contribution in [2.24, 2.45) is 11.8 Å². The molecule has 1 aliphatic heterocycles. The van der Waals surface area contributed by atoms with Gasteiger partial charge in [-0.25, -0.2) is 8.42 Å². The van der Waals surface area contributed by atoms with E-state index in [9.17, 15) is 13.2 Å². The molecule has 2 aromatic rings. The smallest absolute Gasteiger partial charge is 0.251 e. The number of sulfonamides is 1. The van der Waals surface area contributed by atoms with Gasteiger partial charge < -0.3 is 5.32 Å². The Labute approximate surface area is 161 Å². The maximum atomic E-state index is 13.0. The van der Waals surface area contributed by atoms with Gasteiger partial charge in [0, 0.05) is 25.2 Å². The second-order valence-electron chi connectivity index (χ2n) is 7.46. The van der Waals surface area contributed by atoms with Crippen molar-refractivity contribution in [2.75, 3.05) is 13.1 Å². The molecule has 27 heavy (non-hydrogen) atoms. The Kier molecular flexibility index (Phi) is 5.97. The highest BCUT2D eigenvalue weighted by Gasteiger charge is 2.31. The van der Waals surface area contributed by atoms with E-state index in [1.165, 1.54) is 6.07 Å². The number of nitrogens with zero attached hydrogens (tertiary/aromatic N) is 1. The van der Waals surface area contributed by atoms with Crippen LogP contribution < -0.4 is 5.32 Å². The van der Waals surface area contributed by atoms with E-state index < -0.39 is 10.0 Å². The van der Waals surface area contributed by atoms with Crippen LogP contribution in [0.15, 0.2) is 59.5 Å². The molecule has 0 saturated carbocycles. The van der Waals surface area contributed by atoms with E-state index in [0.29, 0.717) is 37.0 Å². The maximum Gasteiger partial charge on any atom is 0.251 e. The van der Waals surface area contributed by atoms with Gasteiger partial charge in [0.2, 0.25) is 10.0 Å². The molecular formula is C21H26N2O3S. The number of nitrogens with one attached hydrogen (secondary N) is 1. The summed E-state index contributed by atoms with van der Waals surface area (Å²) in [4.78, 5) is 12.6.